The van der Waals surface area contributed by atoms with E-state index in [2.05, 4.69) is 16.0 Å². The van der Waals surface area contributed by atoms with Crippen molar-refractivity contribution < 1.29 is 61.1 Å². The van der Waals surface area contributed by atoms with Crippen LogP contribution in [-0.4, -0.2) is 130 Å². The maximum atomic E-state index is 14.4. The lowest BCUT2D eigenvalue weighted by Gasteiger charge is -2.57. The molecule has 1 spiro atoms. The Labute approximate surface area is 410 Å². The number of urea groups is 1. The van der Waals surface area contributed by atoms with Crippen LogP contribution in [0, 0.1) is 23.7 Å². The SMILES string of the molecule is CC(C)(C[C@H](NC(=O)N1CCOCC1)C(=O)N[C@H](/C=C/S(=O)(=O)c1ccccc1)CCc1ccccc1)OC(=O)OCC1(CCC(=O)NCCCN2CCCC2=O)OOC2(O1)C1CC3CC(C1)CC2C3. The van der Waals surface area contributed by atoms with E-state index < -0.39 is 63.8 Å². The molecule has 7 fully saturated rings. The first-order valence-electron chi connectivity index (χ1n) is 25.0. The summed E-state index contributed by atoms with van der Waals surface area (Å²) in [6.07, 6.45) is 7.94. The highest BCUT2D eigenvalue weighted by Gasteiger charge is 2.67. The van der Waals surface area contributed by atoms with Gasteiger partial charge in [-0.2, -0.15) is 9.78 Å². The van der Waals surface area contributed by atoms with E-state index in [4.69, 9.17) is 28.7 Å². The molecule has 70 heavy (non-hydrogen) atoms. The first-order valence-corrected chi connectivity index (χ1v) is 26.6. The van der Waals surface area contributed by atoms with Crippen molar-refractivity contribution in [2.24, 2.45) is 23.7 Å². The number of amides is 5. The molecule has 19 heteroatoms. The van der Waals surface area contributed by atoms with E-state index in [1.54, 1.807) is 32.0 Å². The molecule has 3 N–H and O–H groups in total. The molecular formula is C51H69N5O13S. The molecule has 9 rings (SSSR count). The standard InChI is InChI=1S/C51H69N5O13S/c1-49(2,34-43(54-47(60)56-24-26-64-27-25-56)46(59)53-41(17-16-36-11-5-3-6-12-36)19-28-70(62,63)42-13-7-4-8-14-42)66-48(61)65-35-50(20-18-44(57)52-21-10-23-55-22-9-15-45(55)58)67-51(69-68-50)39-30-37-29-38(32-39)33-40(51)31-37/h3-8,11-14,19,28,37-41,43H,9-10,15-18,20-27,29-35H2,1-2H3,(H,52,57)(H,53,59)(H,54,60)/b28-19+/t37?,38?,39?,40?,41-,43-,50?,51?/m0/s1. The highest BCUT2D eigenvalue weighted by Crippen LogP contribution is 2.63. The number of carbonyl (C=O) groups is 5. The Kier molecular flexibility index (Phi) is 16.5. The number of sulfone groups is 1. The van der Waals surface area contributed by atoms with Crippen molar-refractivity contribution in [3.05, 3.63) is 77.7 Å². The van der Waals surface area contributed by atoms with Crippen LogP contribution in [0.25, 0.3) is 0 Å². The van der Waals surface area contributed by atoms with Crippen LogP contribution in [0.15, 0.2) is 77.0 Å². The second-order valence-electron chi connectivity index (χ2n) is 20.4. The van der Waals surface area contributed by atoms with Gasteiger partial charge in [0.15, 0.2) is 16.4 Å². The highest BCUT2D eigenvalue weighted by atomic mass is 32.2. The molecule has 4 saturated carbocycles. The summed E-state index contributed by atoms with van der Waals surface area (Å²) in [5, 5.41) is 9.79. The zero-order valence-electron chi connectivity index (χ0n) is 40.4. The number of benzene rings is 2. The van der Waals surface area contributed by atoms with Crippen molar-refractivity contribution in [2.75, 3.05) is 52.5 Å². The molecule has 2 aromatic carbocycles. The highest BCUT2D eigenvalue weighted by molar-refractivity contribution is 7.94. The lowest BCUT2D eigenvalue weighted by molar-refractivity contribution is -0.390. The molecular weight excluding hydrogens is 923 g/mol. The minimum Gasteiger partial charge on any atom is -0.428 e. The van der Waals surface area contributed by atoms with Gasteiger partial charge in [0.1, 0.15) is 11.6 Å². The van der Waals surface area contributed by atoms with Crippen LogP contribution < -0.4 is 16.0 Å². The monoisotopic (exact) mass is 991 g/mol. The maximum Gasteiger partial charge on any atom is 0.508 e. The van der Waals surface area contributed by atoms with Gasteiger partial charge in [-0.1, -0.05) is 54.6 Å². The van der Waals surface area contributed by atoms with Crippen molar-refractivity contribution in [3.63, 3.8) is 0 Å². The second kappa shape index (κ2) is 22.6. The van der Waals surface area contributed by atoms with Crippen molar-refractivity contribution in [3.8, 4) is 0 Å². The summed E-state index contributed by atoms with van der Waals surface area (Å²) in [4.78, 5) is 82.8. The van der Waals surface area contributed by atoms with E-state index in [0.29, 0.717) is 76.9 Å². The molecule has 4 aliphatic carbocycles. The molecule has 3 heterocycles. The number of hydrogen-bond acceptors (Lipinski definition) is 13. The van der Waals surface area contributed by atoms with Crippen molar-refractivity contribution in [2.45, 2.75) is 131 Å². The van der Waals surface area contributed by atoms with E-state index in [9.17, 15) is 32.4 Å². The first kappa shape index (κ1) is 51.3. The molecule has 3 aliphatic heterocycles. The fourth-order valence-electron chi connectivity index (χ4n) is 11.2. The van der Waals surface area contributed by atoms with Gasteiger partial charge in [0, 0.05) is 81.7 Å². The third kappa shape index (κ3) is 13.1. The van der Waals surface area contributed by atoms with E-state index in [0.717, 1.165) is 49.6 Å². The van der Waals surface area contributed by atoms with E-state index in [1.165, 1.54) is 29.5 Å². The molecule has 382 valence electrons. The van der Waals surface area contributed by atoms with Gasteiger partial charge in [0.05, 0.1) is 18.1 Å². The number of hydrogen-bond donors (Lipinski definition) is 3. The van der Waals surface area contributed by atoms with Crippen molar-refractivity contribution in [1.82, 2.24) is 25.8 Å². The number of nitrogens with one attached hydrogen (secondary N) is 3. The van der Waals surface area contributed by atoms with E-state index >= 15 is 0 Å². The summed E-state index contributed by atoms with van der Waals surface area (Å²) in [5.74, 6) is -2.02. The van der Waals surface area contributed by atoms with E-state index in [1.807, 2.05) is 35.2 Å². The largest absolute Gasteiger partial charge is 0.508 e. The van der Waals surface area contributed by atoms with Gasteiger partial charge in [-0.25, -0.2) is 18.0 Å². The molecule has 7 aliphatic rings. The van der Waals surface area contributed by atoms with Crippen LogP contribution in [0.2, 0.25) is 0 Å². The molecule has 2 aromatic rings. The summed E-state index contributed by atoms with van der Waals surface area (Å²) in [6.45, 7) is 5.65. The Morgan fingerprint density at radius 2 is 1.59 bits per heavy atom. The van der Waals surface area contributed by atoms with E-state index in [-0.39, 0.29) is 47.8 Å². The summed E-state index contributed by atoms with van der Waals surface area (Å²) >= 11 is 0. The Morgan fingerprint density at radius 1 is 0.900 bits per heavy atom. The van der Waals surface area contributed by atoms with Gasteiger partial charge < -0.3 is 44.7 Å². The Hall–Kier alpha value is -5.08. The van der Waals surface area contributed by atoms with Crippen LogP contribution >= 0.6 is 0 Å². The fraction of sp³-hybridized carbons (Fsp3) is 0.627. The summed E-state index contributed by atoms with van der Waals surface area (Å²) in [5.41, 5.74) is -0.445. The van der Waals surface area contributed by atoms with Gasteiger partial charge in [-0.15, -0.1) is 0 Å². The van der Waals surface area contributed by atoms with Crippen LogP contribution in [0.4, 0.5) is 9.59 Å². The minimum absolute atomic E-state index is 0.0104. The average Bonchev–Trinajstić information content (AvgIpc) is 3.95. The normalized spacial score (nSPS) is 27.1. The number of likely N-dealkylation sites (tertiary alicyclic amines) is 1. The lowest BCUT2D eigenvalue weighted by Crippen LogP contribution is -2.59. The molecule has 4 bridgehead atoms. The smallest absolute Gasteiger partial charge is 0.428 e. The zero-order chi connectivity index (χ0) is 49.4. The third-order valence-electron chi connectivity index (χ3n) is 14.6. The van der Waals surface area contributed by atoms with Gasteiger partial charge in [0.2, 0.25) is 29.3 Å². The number of ether oxygens (including phenoxy) is 4. The Morgan fingerprint density at radius 3 is 2.26 bits per heavy atom. The summed E-state index contributed by atoms with van der Waals surface area (Å²) in [7, 11) is -3.86. The topological polar surface area (TPSA) is 217 Å². The first-order chi connectivity index (χ1) is 33.6. The molecule has 0 aromatic heterocycles. The number of aryl methyl sites for hydroxylation is 1. The molecule has 18 nitrogen and oxygen atoms in total. The summed E-state index contributed by atoms with van der Waals surface area (Å²) in [6, 6.07) is 15.0. The fourth-order valence-corrected chi connectivity index (χ4v) is 12.3. The molecule has 3 atom stereocenters. The third-order valence-corrected chi connectivity index (χ3v) is 16.1. The van der Waals surface area contributed by atoms with Crippen LogP contribution in [0.5, 0.6) is 0 Å². The van der Waals surface area contributed by atoms with Gasteiger partial charge >= 0.3 is 12.2 Å². The van der Waals surface area contributed by atoms with Gasteiger partial charge in [0.25, 0.3) is 0 Å². The van der Waals surface area contributed by atoms with Crippen LogP contribution in [-0.2, 0) is 59.4 Å². The quantitative estimate of drug-likeness (QED) is 0.0794. The Balaban J connectivity index is 0.935. The maximum absolute atomic E-state index is 14.4. The van der Waals surface area contributed by atoms with Gasteiger partial charge in [-0.05, 0) is 101 Å². The van der Waals surface area contributed by atoms with Gasteiger partial charge in [-0.3, -0.25) is 14.4 Å². The van der Waals surface area contributed by atoms with Crippen molar-refractivity contribution >= 4 is 39.7 Å². The number of carbonyl (C=O) groups excluding carboxylic acids is 5. The zero-order valence-corrected chi connectivity index (χ0v) is 41.2. The average molecular weight is 992 g/mol. The molecule has 5 amide bonds. The predicted molar refractivity (Wildman–Crippen MR) is 254 cm³/mol. The number of morpholine rings is 1. The Bertz CT molecular complexity index is 2270. The number of rotatable bonds is 21. The minimum atomic E-state index is -3.86. The van der Waals surface area contributed by atoms with Crippen LogP contribution in [0.3, 0.4) is 0 Å². The van der Waals surface area contributed by atoms with Crippen LogP contribution in [0.1, 0.15) is 96.5 Å². The predicted octanol–water partition coefficient (Wildman–Crippen LogP) is 5.56. The lowest BCUT2D eigenvalue weighted by atomic mass is 9.53. The second-order valence-corrected chi connectivity index (χ2v) is 22.3. The van der Waals surface area contributed by atoms with Crippen molar-refractivity contribution in [1.29, 1.82) is 0 Å². The summed E-state index contributed by atoms with van der Waals surface area (Å²) < 4.78 is 50.6. The molecule has 3 saturated heterocycles. The molecule has 0 radical (unpaired) electrons. The number of nitrogens with zero attached hydrogens (tertiary/aromatic N) is 2. The molecule has 1 unspecified atom stereocenters.